The number of carbonyl (C=O) groups is 3. The molecular weight excluding hydrogens is 478 g/mol. The van der Waals surface area contributed by atoms with Crippen molar-refractivity contribution >= 4 is 29.7 Å². The Morgan fingerprint density at radius 2 is 1.81 bits per heavy atom. The van der Waals surface area contributed by atoms with Gasteiger partial charge in [0, 0.05) is 12.6 Å². The highest BCUT2D eigenvalue weighted by Crippen LogP contribution is 2.28. The highest BCUT2D eigenvalue weighted by molar-refractivity contribution is 7.98. The van der Waals surface area contributed by atoms with Crippen LogP contribution in [0.1, 0.15) is 84.4 Å². The predicted molar refractivity (Wildman–Crippen MR) is 146 cm³/mol. The maximum Gasteiger partial charge on any atom is 0.408 e. The molecule has 0 saturated carbocycles. The normalized spacial score (nSPS) is 13.1. The summed E-state index contributed by atoms with van der Waals surface area (Å²) in [5, 5.41) is 15.8. The van der Waals surface area contributed by atoms with Crippen LogP contribution in [-0.2, 0) is 14.3 Å². The zero-order valence-corrected chi connectivity index (χ0v) is 24.0. The number of phenolic OH excluding ortho intramolecular Hbond substituents is 1. The summed E-state index contributed by atoms with van der Waals surface area (Å²) in [6, 6.07) is 3.07. The van der Waals surface area contributed by atoms with Gasteiger partial charge in [-0.1, -0.05) is 25.8 Å². The van der Waals surface area contributed by atoms with Crippen LogP contribution >= 0.6 is 11.8 Å². The molecule has 0 aromatic heterocycles. The summed E-state index contributed by atoms with van der Waals surface area (Å²) in [6.07, 6.45) is 4.23. The fourth-order valence-electron chi connectivity index (χ4n) is 3.73. The van der Waals surface area contributed by atoms with Gasteiger partial charge in [-0.15, -0.1) is 0 Å². The topological polar surface area (TPSA) is 108 Å². The van der Waals surface area contributed by atoms with Gasteiger partial charge >= 0.3 is 6.09 Å². The Morgan fingerprint density at radius 3 is 2.33 bits per heavy atom. The number of hydrogen-bond donors (Lipinski definition) is 3. The Bertz CT molecular complexity index is 869. The van der Waals surface area contributed by atoms with Crippen LogP contribution in [0.4, 0.5) is 4.79 Å². The molecule has 0 fully saturated rings. The summed E-state index contributed by atoms with van der Waals surface area (Å²) in [5.74, 6) is 0.132. The van der Waals surface area contributed by atoms with Gasteiger partial charge in [-0.3, -0.25) is 9.59 Å². The number of hydrogen-bond acceptors (Lipinski definition) is 6. The highest BCUT2D eigenvalue weighted by Gasteiger charge is 2.36. The number of phenols is 1. The molecule has 8 nitrogen and oxygen atoms in total. The third kappa shape index (κ3) is 10.7. The lowest BCUT2D eigenvalue weighted by molar-refractivity contribution is -0.142. The predicted octanol–water partition coefficient (Wildman–Crippen LogP) is 4.93. The third-order valence-corrected chi connectivity index (χ3v) is 6.06. The molecule has 0 radical (unpaired) electrons. The number of unbranched alkanes of at least 4 members (excludes halogenated alkanes) is 2. The van der Waals surface area contributed by atoms with E-state index >= 15 is 0 Å². The lowest BCUT2D eigenvalue weighted by Gasteiger charge is -2.35. The Labute approximate surface area is 220 Å². The Kier molecular flexibility index (Phi) is 13.1. The number of ether oxygens (including phenoxy) is 1. The number of benzene rings is 1. The van der Waals surface area contributed by atoms with Crippen molar-refractivity contribution in [1.29, 1.82) is 0 Å². The van der Waals surface area contributed by atoms with Gasteiger partial charge in [-0.05, 0) is 89.7 Å². The van der Waals surface area contributed by atoms with Crippen molar-refractivity contribution in [3.8, 4) is 5.75 Å². The number of aryl methyl sites for hydroxylation is 1. The smallest absolute Gasteiger partial charge is 0.408 e. The van der Waals surface area contributed by atoms with Crippen LogP contribution in [0, 0.1) is 6.92 Å². The molecule has 3 amide bonds. The molecule has 1 aromatic carbocycles. The van der Waals surface area contributed by atoms with E-state index in [2.05, 4.69) is 17.6 Å². The van der Waals surface area contributed by atoms with Gasteiger partial charge in [0.1, 0.15) is 23.4 Å². The van der Waals surface area contributed by atoms with Gasteiger partial charge in [0.25, 0.3) is 0 Å². The Morgan fingerprint density at radius 1 is 1.14 bits per heavy atom. The average molecular weight is 524 g/mol. The number of amides is 3. The van der Waals surface area contributed by atoms with Gasteiger partial charge in [0.15, 0.2) is 0 Å². The van der Waals surface area contributed by atoms with Gasteiger partial charge in [0.05, 0.1) is 0 Å². The van der Waals surface area contributed by atoms with E-state index in [-0.39, 0.29) is 23.6 Å². The molecule has 36 heavy (non-hydrogen) atoms. The first-order valence-electron chi connectivity index (χ1n) is 12.7. The minimum Gasteiger partial charge on any atom is -0.508 e. The van der Waals surface area contributed by atoms with E-state index in [1.54, 1.807) is 62.6 Å². The lowest BCUT2D eigenvalue weighted by atomic mass is 9.99. The van der Waals surface area contributed by atoms with Crippen LogP contribution < -0.4 is 10.6 Å². The van der Waals surface area contributed by atoms with Crippen LogP contribution in [0.15, 0.2) is 18.2 Å². The fourth-order valence-corrected chi connectivity index (χ4v) is 4.20. The van der Waals surface area contributed by atoms with Crippen molar-refractivity contribution in [2.24, 2.45) is 0 Å². The number of alkyl carbamates (subject to hydrolysis) is 1. The summed E-state index contributed by atoms with van der Waals surface area (Å²) in [7, 11) is 0. The van der Waals surface area contributed by atoms with Crippen molar-refractivity contribution in [1.82, 2.24) is 15.5 Å². The number of thioether (sulfide) groups is 1. The van der Waals surface area contributed by atoms with E-state index in [4.69, 9.17) is 4.74 Å². The van der Waals surface area contributed by atoms with Gasteiger partial charge < -0.3 is 25.4 Å². The molecule has 3 N–H and O–H groups in total. The average Bonchev–Trinajstić information content (AvgIpc) is 2.76. The van der Waals surface area contributed by atoms with Crippen molar-refractivity contribution in [2.45, 2.75) is 97.9 Å². The SMILES string of the molecule is CCCCCN(C(=O)C(CCSC)NC(=O)OC(C)(C)C)C(C(=O)NC(C)C)c1ccc(O)c(C)c1. The second-order valence-corrected chi connectivity index (χ2v) is 11.3. The minimum atomic E-state index is -0.909. The fraction of sp³-hybridized carbons (Fsp3) is 0.667. The number of aromatic hydroxyl groups is 1. The molecule has 204 valence electrons. The third-order valence-electron chi connectivity index (χ3n) is 5.41. The molecular formula is C27H45N3O5S. The first-order valence-corrected chi connectivity index (χ1v) is 14.1. The Hall–Kier alpha value is -2.42. The van der Waals surface area contributed by atoms with Gasteiger partial charge in [0.2, 0.25) is 11.8 Å². The van der Waals surface area contributed by atoms with Crippen LogP contribution in [-0.4, -0.2) is 64.2 Å². The standard InChI is InChI=1S/C27H45N3O5S/c1-9-10-11-15-30(25(33)21(14-16-36-8)29-26(34)35-27(5,6)7)23(24(32)28-18(2)3)20-12-13-22(31)19(4)17-20/h12-13,17-18,21,23,31H,9-11,14-16H2,1-8H3,(H,28,32)(H,29,34). The largest absolute Gasteiger partial charge is 0.508 e. The Balaban J connectivity index is 3.49. The molecule has 0 aliphatic rings. The van der Waals surface area contributed by atoms with Crippen LogP contribution in [0.2, 0.25) is 0 Å². The maximum absolute atomic E-state index is 14.0. The van der Waals surface area contributed by atoms with Crippen LogP contribution in [0.25, 0.3) is 0 Å². The van der Waals surface area contributed by atoms with E-state index in [9.17, 15) is 19.5 Å². The summed E-state index contributed by atoms with van der Waals surface area (Å²) < 4.78 is 5.42. The molecule has 0 heterocycles. The first-order chi connectivity index (χ1) is 16.8. The van der Waals surface area contributed by atoms with E-state index in [0.29, 0.717) is 36.3 Å². The quantitative estimate of drug-likeness (QED) is 0.316. The molecule has 0 bridgehead atoms. The van der Waals surface area contributed by atoms with Gasteiger partial charge in [-0.25, -0.2) is 4.79 Å². The molecule has 1 rings (SSSR count). The van der Waals surface area contributed by atoms with Gasteiger partial charge in [-0.2, -0.15) is 11.8 Å². The van der Waals surface area contributed by atoms with Crippen LogP contribution in [0.5, 0.6) is 5.75 Å². The number of rotatable bonds is 13. The van der Waals surface area contributed by atoms with Crippen molar-refractivity contribution in [3.05, 3.63) is 29.3 Å². The molecule has 9 heteroatoms. The highest BCUT2D eigenvalue weighted by atomic mass is 32.2. The molecule has 2 unspecified atom stereocenters. The summed E-state index contributed by atoms with van der Waals surface area (Å²) in [5.41, 5.74) is 0.511. The summed E-state index contributed by atoms with van der Waals surface area (Å²) >= 11 is 1.57. The summed E-state index contributed by atoms with van der Waals surface area (Å²) in [4.78, 5) is 41.7. The van der Waals surface area contributed by atoms with E-state index in [1.165, 1.54) is 0 Å². The lowest BCUT2D eigenvalue weighted by Crippen LogP contribution is -2.54. The van der Waals surface area contributed by atoms with E-state index in [1.807, 2.05) is 20.1 Å². The number of nitrogens with zero attached hydrogens (tertiary/aromatic N) is 1. The summed E-state index contributed by atoms with van der Waals surface area (Å²) in [6.45, 7) is 13.2. The first kappa shape index (κ1) is 31.6. The van der Waals surface area contributed by atoms with Crippen molar-refractivity contribution in [2.75, 3.05) is 18.6 Å². The molecule has 2 atom stereocenters. The molecule has 0 saturated heterocycles. The number of carbonyl (C=O) groups excluding carboxylic acids is 3. The maximum atomic E-state index is 14.0. The van der Waals surface area contributed by atoms with E-state index < -0.39 is 23.8 Å². The van der Waals surface area contributed by atoms with E-state index in [0.717, 1.165) is 12.8 Å². The van der Waals surface area contributed by atoms with Crippen LogP contribution in [0.3, 0.4) is 0 Å². The minimum absolute atomic E-state index is 0.120. The van der Waals surface area contributed by atoms with Crippen molar-refractivity contribution < 1.29 is 24.2 Å². The molecule has 0 spiro atoms. The second kappa shape index (κ2) is 15.0. The molecule has 0 aliphatic heterocycles. The van der Waals surface area contributed by atoms with Crippen molar-refractivity contribution in [3.63, 3.8) is 0 Å². The zero-order chi connectivity index (χ0) is 27.5. The number of nitrogens with one attached hydrogen (secondary N) is 2. The monoisotopic (exact) mass is 523 g/mol. The second-order valence-electron chi connectivity index (χ2n) is 10.3. The molecule has 0 aliphatic carbocycles. The molecule has 1 aromatic rings. The zero-order valence-electron chi connectivity index (χ0n) is 23.1.